The Bertz CT molecular complexity index is 1110. The maximum Gasteiger partial charge on any atom is 0.187 e. The van der Waals surface area contributed by atoms with Gasteiger partial charge in [-0.3, -0.25) is 4.79 Å². The maximum absolute atomic E-state index is 12.7. The second-order valence-electron chi connectivity index (χ2n) is 11.4. The average molecular weight is 481 g/mol. The SMILES string of the molecule is COc1cccc(OC)c1Nc1nc2c(s1)C1CC[C@@H]3[C@H](CC[C@]4(C)C(=O)CC[C@@H]34)[C@@]1(C)CC2. The Labute approximate surface area is 206 Å². The normalized spacial score (nSPS) is 36.2. The number of para-hydroxylation sites is 1. The van der Waals surface area contributed by atoms with Crippen LogP contribution in [0.15, 0.2) is 18.2 Å². The molecule has 6 atom stereocenters. The number of carbonyl (C=O) groups excluding carboxylic acids is 1. The molecule has 3 saturated carbocycles. The highest BCUT2D eigenvalue weighted by molar-refractivity contribution is 7.15. The Kier molecular flexibility index (Phi) is 5.25. The molecular weight excluding hydrogens is 444 g/mol. The second kappa shape index (κ2) is 7.97. The number of hydrogen-bond donors (Lipinski definition) is 1. The number of aromatic nitrogens is 1. The summed E-state index contributed by atoms with van der Waals surface area (Å²) in [5, 5.41) is 4.45. The fourth-order valence-electron chi connectivity index (χ4n) is 8.35. The lowest BCUT2D eigenvalue weighted by Gasteiger charge is -2.59. The molecule has 0 saturated heterocycles. The molecule has 6 rings (SSSR count). The molecule has 3 fully saturated rings. The van der Waals surface area contributed by atoms with Gasteiger partial charge in [-0.05, 0) is 80.2 Å². The number of aryl methyl sites for hydroxylation is 1. The molecule has 1 heterocycles. The number of benzene rings is 1. The average Bonchev–Trinajstić information content (AvgIpc) is 3.38. The van der Waals surface area contributed by atoms with Crippen LogP contribution in [-0.4, -0.2) is 25.0 Å². The summed E-state index contributed by atoms with van der Waals surface area (Å²) in [5.74, 6) is 4.69. The Hall–Kier alpha value is -2.08. The van der Waals surface area contributed by atoms with Gasteiger partial charge in [-0.15, -0.1) is 11.3 Å². The Morgan fingerprint density at radius 2 is 1.76 bits per heavy atom. The highest BCUT2D eigenvalue weighted by Crippen LogP contribution is 2.67. The highest BCUT2D eigenvalue weighted by atomic mass is 32.1. The smallest absolute Gasteiger partial charge is 0.187 e. The van der Waals surface area contributed by atoms with E-state index in [9.17, 15) is 4.79 Å². The van der Waals surface area contributed by atoms with Gasteiger partial charge in [0.25, 0.3) is 0 Å². The van der Waals surface area contributed by atoms with E-state index < -0.39 is 0 Å². The molecule has 1 aromatic carbocycles. The molecule has 0 amide bonds. The minimum absolute atomic E-state index is 0.0421. The third-order valence-electron chi connectivity index (χ3n) is 10.2. The van der Waals surface area contributed by atoms with Crippen molar-refractivity contribution in [1.82, 2.24) is 4.98 Å². The quantitative estimate of drug-likeness (QED) is 0.525. The van der Waals surface area contributed by atoms with E-state index in [0.29, 0.717) is 23.0 Å². The van der Waals surface area contributed by atoms with Gasteiger partial charge >= 0.3 is 0 Å². The first-order valence-electron chi connectivity index (χ1n) is 12.9. The van der Waals surface area contributed by atoms with Crippen LogP contribution in [0, 0.1) is 28.6 Å². The van der Waals surface area contributed by atoms with Gasteiger partial charge in [-0.2, -0.15) is 0 Å². The van der Waals surface area contributed by atoms with Crippen molar-refractivity contribution in [2.45, 2.75) is 71.1 Å². The zero-order chi connectivity index (χ0) is 23.7. The molecular formula is C28H36N2O3S. The number of carbonyl (C=O) groups is 1. The second-order valence-corrected chi connectivity index (χ2v) is 12.5. The van der Waals surface area contributed by atoms with Crippen molar-refractivity contribution >= 4 is 27.9 Å². The number of ketones is 1. The summed E-state index contributed by atoms with van der Waals surface area (Å²) in [6.07, 6.45) is 8.99. The summed E-state index contributed by atoms with van der Waals surface area (Å²) in [4.78, 5) is 19.3. The zero-order valence-electron chi connectivity index (χ0n) is 20.8. The van der Waals surface area contributed by atoms with Crippen LogP contribution in [-0.2, 0) is 11.2 Å². The fraction of sp³-hybridized carbons (Fsp3) is 0.643. The minimum atomic E-state index is -0.0421. The molecule has 1 unspecified atom stereocenters. The number of rotatable bonds is 4. The number of Topliss-reactive ketones (excluding diaryl/α,β-unsaturated/α-hetero) is 1. The van der Waals surface area contributed by atoms with Crippen LogP contribution in [0.1, 0.15) is 75.3 Å². The van der Waals surface area contributed by atoms with Crippen LogP contribution < -0.4 is 14.8 Å². The lowest BCUT2D eigenvalue weighted by atomic mass is 9.46. The summed E-state index contributed by atoms with van der Waals surface area (Å²) >= 11 is 1.82. The van der Waals surface area contributed by atoms with Gasteiger partial charge in [0.05, 0.1) is 19.9 Å². The first-order valence-corrected chi connectivity index (χ1v) is 13.7. The van der Waals surface area contributed by atoms with Crippen molar-refractivity contribution < 1.29 is 14.3 Å². The topological polar surface area (TPSA) is 60.5 Å². The summed E-state index contributed by atoms with van der Waals surface area (Å²) in [6.45, 7) is 4.84. The van der Waals surface area contributed by atoms with Gasteiger partial charge < -0.3 is 14.8 Å². The molecule has 4 aliphatic rings. The first kappa shape index (κ1) is 22.4. The number of thiazole rings is 1. The van der Waals surface area contributed by atoms with Crippen molar-refractivity contribution in [3.63, 3.8) is 0 Å². The largest absolute Gasteiger partial charge is 0.494 e. The van der Waals surface area contributed by atoms with Gasteiger partial charge in [-0.1, -0.05) is 19.9 Å². The number of nitrogens with zero attached hydrogens (tertiary/aromatic N) is 1. The molecule has 0 radical (unpaired) electrons. The third kappa shape index (κ3) is 3.09. The molecule has 5 nitrogen and oxygen atoms in total. The Morgan fingerprint density at radius 3 is 2.50 bits per heavy atom. The molecule has 34 heavy (non-hydrogen) atoms. The van der Waals surface area contributed by atoms with Gasteiger partial charge in [0.2, 0.25) is 0 Å². The molecule has 0 bridgehead atoms. The van der Waals surface area contributed by atoms with Gasteiger partial charge in [-0.25, -0.2) is 4.98 Å². The monoisotopic (exact) mass is 480 g/mol. The molecule has 0 spiro atoms. The van der Waals surface area contributed by atoms with Crippen molar-refractivity contribution in [3.05, 3.63) is 28.8 Å². The zero-order valence-corrected chi connectivity index (χ0v) is 21.6. The molecule has 182 valence electrons. The van der Waals surface area contributed by atoms with Crippen LogP contribution >= 0.6 is 11.3 Å². The summed E-state index contributed by atoms with van der Waals surface area (Å²) in [6, 6.07) is 5.83. The summed E-state index contributed by atoms with van der Waals surface area (Å²) < 4.78 is 11.2. The van der Waals surface area contributed by atoms with Crippen LogP contribution in [0.3, 0.4) is 0 Å². The van der Waals surface area contributed by atoms with Crippen LogP contribution in [0.25, 0.3) is 0 Å². The number of hydrogen-bond acceptors (Lipinski definition) is 6. The predicted octanol–water partition coefficient (Wildman–Crippen LogP) is 6.75. The van der Waals surface area contributed by atoms with Gasteiger partial charge in [0.15, 0.2) is 5.13 Å². The van der Waals surface area contributed by atoms with E-state index in [4.69, 9.17) is 14.5 Å². The van der Waals surface area contributed by atoms with Crippen molar-refractivity contribution in [3.8, 4) is 11.5 Å². The predicted molar refractivity (Wildman–Crippen MR) is 135 cm³/mol. The number of anilines is 2. The first-order chi connectivity index (χ1) is 16.4. The van der Waals surface area contributed by atoms with E-state index in [1.54, 1.807) is 14.2 Å². The molecule has 1 aromatic heterocycles. The van der Waals surface area contributed by atoms with Crippen LogP contribution in [0.4, 0.5) is 10.8 Å². The highest BCUT2D eigenvalue weighted by Gasteiger charge is 2.60. The van der Waals surface area contributed by atoms with E-state index in [-0.39, 0.29) is 5.41 Å². The number of nitrogens with one attached hydrogen (secondary N) is 1. The lowest BCUT2D eigenvalue weighted by Crippen LogP contribution is -2.52. The molecule has 0 aliphatic heterocycles. The fourth-order valence-corrected chi connectivity index (χ4v) is 9.67. The molecule has 2 aromatic rings. The van der Waals surface area contributed by atoms with E-state index in [0.717, 1.165) is 59.8 Å². The van der Waals surface area contributed by atoms with E-state index in [2.05, 4.69) is 19.2 Å². The third-order valence-corrected chi connectivity index (χ3v) is 11.3. The van der Waals surface area contributed by atoms with Crippen LogP contribution in [0.2, 0.25) is 0 Å². The number of fused-ring (bicyclic) bond motifs is 7. The number of methoxy groups -OCH3 is 2. The van der Waals surface area contributed by atoms with E-state index >= 15 is 0 Å². The number of ether oxygens (including phenoxy) is 2. The molecule has 4 aliphatic carbocycles. The van der Waals surface area contributed by atoms with Crippen molar-refractivity contribution in [2.75, 3.05) is 19.5 Å². The maximum atomic E-state index is 12.7. The Balaban J connectivity index is 1.30. The standard InChI is InChI=1S/C28H36N2O3S/c1-27-15-13-20-25(34-26(29-20)30-24-21(32-3)6-5-7-22(24)33-4)19(27)9-8-16-17-10-11-23(31)28(17,2)14-12-18(16)27/h5-7,16-19H,8-15H2,1-4H3,(H,29,30)/t16-,17-,18-,19?,27+,28-/m0/s1. The van der Waals surface area contributed by atoms with E-state index in [1.807, 2.05) is 29.5 Å². The van der Waals surface area contributed by atoms with E-state index in [1.165, 1.54) is 36.3 Å². The summed E-state index contributed by atoms with van der Waals surface area (Å²) in [7, 11) is 3.37. The van der Waals surface area contributed by atoms with Crippen LogP contribution in [0.5, 0.6) is 11.5 Å². The van der Waals surface area contributed by atoms with Crippen molar-refractivity contribution in [2.24, 2.45) is 28.6 Å². The summed E-state index contributed by atoms with van der Waals surface area (Å²) in [5.41, 5.74) is 2.38. The Morgan fingerprint density at radius 1 is 1.00 bits per heavy atom. The minimum Gasteiger partial charge on any atom is -0.494 e. The van der Waals surface area contributed by atoms with Gasteiger partial charge in [0.1, 0.15) is 23.0 Å². The van der Waals surface area contributed by atoms with Gasteiger partial charge in [0, 0.05) is 22.6 Å². The molecule has 1 N–H and O–H groups in total. The van der Waals surface area contributed by atoms with Crippen molar-refractivity contribution in [1.29, 1.82) is 0 Å². The lowest BCUT2D eigenvalue weighted by molar-refractivity contribution is -0.134. The molecule has 6 heteroatoms.